The number of methoxy groups -OCH3 is 1. The SMILES string of the molecule is COCC1CCN(C(=O)N[C@H](Cc2cnc[nH]2)C(=O)O)C1. The average molecular weight is 296 g/mol. The van der Waals surface area contributed by atoms with Crippen LogP contribution in [0.4, 0.5) is 4.79 Å². The summed E-state index contributed by atoms with van der Waals surface area (Å²) in [6.45, 7) is 1.83. The number of H-pyrrole nitrogens is 1. The van der Waals surface area contributed by atoms with Gasteiger partial charge in [0.25, 0.3) is 0 Å². The van der Waals surface area contributed by atoms with Gasteiger partial charge in [-0.3, -0.25) is 0 Å². The number of aliphatic carboxylic acids is 1. The van der Waals surface area contributed by atoms with Crippen molar-refractivity contribution in [3.8, 4) is 0 Å². The van der Waals surface area contributed by atoms with E-state index in [-0.39, 0.29) is 12.5 Å². The van der Waals surface area contributed by atoms with Crippen molar-refractivity contribution in [1.82, 2.24) is 20.2 Å². The lowest BCUT2D eigenvalue weighted by Crippen LogP contribution is -2.48. The summed E-state index contributed by atoms with van der Waals surface area (Å²) in [6, 6.07) is -1.32. The van der Waals surface area contributed by atoms with Gasteiger partial charge in [0.05, 0.1) is 12.9 Å². The van der Waals surface area contributed by atoms with Gasteiger partial charge >= 0.3 is 12.0 Å². The second-order valence-corrected chi connectivity index (χ2v) is 5.18. The minimum atomic E-state index is -1.06. The van der Waals surface area contributed by atoms with Crippen molar-refractivity contribution < 1.29 is 19.4 Å². The van der Waals surface area contributed by atoms with Crippen molar-refractivity contribution in [2.45, 2.75) is 18.9 Å². The first-order chi connectivity index (χ1) is 10.1. The molecule has 0 aromatic carbocycles. The molecule has 116 valence electrons. The molecule has 21 heavy (non-hydrogen) atoms. The Hall–Kier alpha value is -2.09. The molecule has 0 radical (unpaired) electrons. The molecule has 2 atom stereocenters. The van der Waals surface area contributed by atoms with E-state index < -0.39 is 12.0 Å². The second kappa shape index (κ2) is 7.07. The quantitative estimate of drug-likeness (QED) is 0.689. The number of hydrogen-bond acceptors (Lipinski definition) is 4. The number of imidazole rings is 1. The molecule has 1 aromatic heterocycles. The molecule has 1 saturated heterocycles. The Morgan fingerprint density at radius 2 is 2.48 bits per heavy atom. The molecule has 0 aliphatic carbocycles. The number of carboxylic acid groups (broad SMARTS) is 1. The summed E-state index contributed by atoms with van der Waals surface area (Å²) < 4.78 is 5.08. The number of ether oxygens (including phenoxy) is 1. The van der Waals surface area contributed by atoms with Crippen LogP contribution in [0.15, 0.2) is 12.5 Å². The van der Waals surface area contributed by atoms with Crippen LogP contribution in [0.25, 0.3) is 0 Å². The summed E-state index contributed by atoms with van der Waals surface area (Å²) in [5, 5.41) is 11.8. The lowest BCUT2D eigenvalue weighted by molar-refractivity contribution is -0.139. The highest BCUT2D eigenvalue weighted by molar-refractivity contribution is 5.82. The number of nitrogens with one attached hydrogen (secondary N) is 2. The van der Waals surface area contributed by atoms with E-state index in [1.54, 1.807) is 18.2 Å². The van der Waals surface area contributed by atoms with E-state index in [4.69, 9.17) is 4.74 Å². The molecule has 1 aliphatic rings. The first-order valence-electron chi connectivity index (χ1n) is 6.84. The molecular weight excluding hydrogens is 276 g/mol. The Balaban J connectivity index is 1.88. The minimum absolute atomic E-state index is 0.177. The summed E-state index contributed by atoms with van der Waals surface area (Å²) in [5.74, 6) is -0.748. The molecule has 0 saturated carbocycles. The number of amides is 2. The third kappa shape index (κ3) is 4.19. The lowest BCUT2D eigenvalue weighted by Gasteiger charge is -2.20. The maximum Gasteiger partial charge on any atom is 0.326 e. The Labute approximate surface area is 122 Å². The van der Waals surface area contributed by atoms with Crippen LogP contribution in [0, 0.1) is 5.92 Å². The van der Waals surface area contributed by atoms with E-state index in [0.717, 1.165) is 6.42 Å². The summed E-state index contributed by atoms with van der Waals surface area (Å²) in [6.07, 6.45) is 4.08. The fourth-order valence-electron chi connectivity index (χ4n) is 2.45. The molecule has 1 unspecified atom stereocenters. The Morgan fingerprint density at radius 3 is 3.10 bits per heavy atom. The van der Waals surface area contributed by atoms with Crippen molar-refractivity contribution in [2.24, 2.45) is 5.92 Å². The molecular formula is C13H20N4O4. The van der Waals surface area contributed by atoms with Gasteiger partial charge in [-0.25, -0.2) is 14.6 Å². The number of carboxylic acids is 1. The van der Waals surface area contributed by atoms with E-state index in [1.165, 1.54) is 6.33 Å². The van der Waals surface area contributed by atoms with Gasteiger partial charge in [-0.2, -0.15) is 0 Å². The number of urea groups is 1. The van der Waals surface area contributed by atoms with Gasteiger partial charge in [-0.05, 0) is 6.42 Å². The van der Waals surface area contributed by atoms with Crippen LogP contribution >= 0.6 is 0 Å². The predicted molar refractivity (Wildman–Crippen MR) is 73.8 cm³/mol. The Kier molecular flexibility index (Phi) is 5.15. The minimum Gasteiger partial charge on any atom is -0.480 e. The zero-order valence-electron chi connectivity index (χ0n) is 11.9. The van der Waals surface area contributed by atoms with Crippen molar-refractivity contribution >= 4 is 12.0 Å². The standard InChI is InChI=1S/C13H20N4O4/c1-21-7-9-2-3-17(6-9)13(20)16-11(12(18)19)4-10-5-14-8-15-10/h5,8-9,11H,2-4,6-7H2,1H3,(H,14,15)(H,16,20)(H,18,19)/t9?,11-/m1/s1. The van der Waals surface area contributed by atoms with Gasteiger partial charge in [-0.15, -0.1) is 0 Å². The third-order valence-electron chi connectivity index (χ3n) is 3.55. The highest BCUT2D eigenvalue weighted by Crippen LogP contribution is 2.16. The molecule has 1 fully saturated rings. The molecule has 1 aliphatic heterocycles. The zero-order valence-corrected chi connectivity index (χ0v) is 11.9. The highest BCUT2D eigenvalue weighted by Gasteiger charge is 2.29. The first kappa shape index (κ1) is 15.3. The summed E-state index contributed by atoms with van der Waals surface area (Å²) in [4.78, 5) is 31.7. The Morgan fingerprint density at radius 1 is 1.67 bits per heavy atom. The van der Waals surface area contributed by atoms with Crippen molar-refractivity contribution in [2.75, 3.05) is 26.8 Å². The number of likely N-dealkylation sites (tertiary alicyclic amines) is 1. The van der Waals surface area contributed by atoms with E-state index in [2.05, 4.69) is 15.3 Å². The number of aromatic amines is 1. The first-order valence-corrected chi connectivity index (χ1v) is 6.84. The van der Waals surface area contributed by atoms with Gasteiger partial charge in [0.2, 0.25) is 0 Å². The van der Waals surface area contributed by atoms with E-state index in [1.807, 2.05) is 0 Å². The van der Waals surface area contributed by atoms with Crippen LogP contribution in [0.2, 0.25) is 0 Å². The van der Waals surface area contributed by atoms with Crippen LogP contribution in [-0.4, -0.2) is 64.8 Å². The molecule has 8 nitrogen and oxygen atoms in total. The van der Waals surface area contributed by atoms with Crippen molar-refractivity contribution in [3.05, 3.63) is 18.2 Å². The summed E-state index contributed by atoms with van der Waals surface area (Å²) in [5.41, 5.74) is 0.668. The van der Waals surface area contributed by atoms with Crippen LogP contribution in [0.5, 0.6) is 0 Å². The molecule has 8 heteroatoms. The molecule has 2 heterocycles. The van der Waals surface area contributed by atoms with Crippen LogP contribution in [-0.2, 0) is 16.0 Å². The monoisotopic (exact) mass is 296 g/mol. The molecule has 2 amide bonds. The third-order valence-corrected chi connectivity index (χ3v) is 3.55. The van der Waals surface area contributed by atoms with Crippen LogP contribution in [0.3, 0.4) is 0 Å². The number of carbonyl (C=O) groups is 2. The average Bonchev–Trinajstić information content (AvgIpc) is 3.09. The van der Waals surface area contributed by atoms with E-state index in [9.17, 15) is 14.7 Å². The maximum atomic E-state index is 12.1. The molecule has 1 aromatic rings. The van der Waals surface area contributed by atoms with Crippen LogP contribution < -0.4 is 5.32 Å². The zero-order chi connectivity index (χ0) is 15.2. The van der Waals surface area contributed by atoms with E-state index in [0.29, 0.717) is 31.3 Å². The molecule has 0 spiro atoms. The summed E-state index contributed by atoms with van der Waals surface area (Å²) >= 11 is 0. The van der Waals surface area contributed by atoms with Crippen LogP contribution in [0.1, 0.15) is 12.1 Å². The van der Waals surface area contributed by atoms with Crippen molar-refractivity contribution in [1.29, 1.82) is 0 Å². The fraction of sp³-hybridized carbons (Fsp3) is 0.615. The van der Waals surface area contributed by atoms with Gasteiger partial charge in [0, 0.05) is 44.4 Å². The Bertz CT molecular complexity index is 477. The normalized spacial score (nSPS) is 19.5. The molecule has 2 rings (SSSR count). The molecule has 3 N–H and O–H groups in total. The molecule has 0 bridgehead atoms. The van der Waals surface area contributed by atoms with Crippen molar-refractivity contribution in [3.63, 3.8) is 0 Å². The largest absolute Gasteiger partial charge is 0.480 e. The number of nitrogens with zero attached hydrogens (tertiary/aromatic N) is 2. The predicted octanol–water partition coefficient (Wildman–Crippen LogP) is 0.0833. The number of aromatic nitrogens is 2. The van der Waals surface area contributed by atoms with Gasteiger partial charge in [0.15, 0.2) is 0 Å². The number of carbonyl (C=O) groups excluding carboxylic acids is 1. The smallest absolute Gasteiger partial charge is 0.326 e. The second-order valence-electron chi connectivity index (χ2n) is 5.18. The highest BCUT2D eigenvalue weighted by atomic mass is 16.5. The maximum absolute atomic E-state index is 12.1. The van der Waals surface area contributed by atoms with Gasteiger partial charge in [-0.1, -0.05) is 0 Å². The lowest BCUT2D eigenvalue weighted by atomic mass is 10.1. The van der Waals surface area contributed by atoms with E-state index >= 15 is 0 Å². The van der Waals surface area contributed by atoms with Gasteiger partial charge in [0.1, 0.15) is 6.04 Å². The number of rotatable bonds is 6. The topological polar surface area (TPSA) is 108 Å². The number of hydrogen-bond donors (Lipinski definition) is 3. The fourth-order valence-corrected chi connectivity index (χ4v) is 2.45. The van der Waals surface area contributed by atoms with Gasteiger partial charge < -0.3 is 25.0 Å². The summed E-state index contributed by atoms with van der Waals surface area (Å²) in [7, 11) is 1.63.